The van der Waals surface area contributed by atoms with E-state index in [4.69, 9.17) is 33.9 Å². The fourth-order valence-corrected chi connectivity index (χ4v) is 5.01. The zero-order chi connectivity index (χ0) is 23.1. The van der Waals surface area contributed by atoms with Crippen molar-refractivity contribution < 1.29 is 13.2 Å². The molecule has 4 nitrogen and oxygen atoms in total. The third-order valence-electron chi connectivity index (χ3n) is 6.80. The van der Waals surface area contributed by atoms with Gasteiger partial charge < -0.3 is 10.6 Å². The molecule has 2 unspecified atom stereocenters. The molecule has 1 saturated heterocycles. The van der Waals surface area contributed by atoms with Gasteiger partial charge in [0.15, 0.2) is 0 Å². The zero-order valence-corrected chi connectivity index (χ0v) is 19.2. The topological polar surface area (TPSA) is 54.0 Å². The molecule has 2 atom stereocenters. The highest BCUT2D eigenvalue weighted by atomic mass is 35.5. The van der Waals surface area contributed by atoms with Crippen LogP contribution in [0.15, 0.2) is 52.2 Å². The predicted molar refractivity (Wildman–Crippen MR) is 123 cm³/mol. The number of benzene rings is 1. The van der Waals surface area contributed by atoms with Gasteiger partial charge >= 0.3 is 6.18 Å². The zero-order valence-electron chi connectivity index (χ0n) is 17.7. The third kappa shape index (κ3) is 4.47. The van der Waals surface area contributed by atoms with Crippen LogP contribution in [0.3, 0.4) is 0 Å². The summed E-state index contributed by atoms with van der Waals surface area (Å²) in [5, 5.41) is 0.966. The fraction of sp³-hybridized carbons (Fsp3) is 0.478. The molecule has 0 spiro atoms. The summed E-state index contributed by atoms with van der Waals surface area (Å²) in [6.45, 7) is 2.56. The minimum atomic E-state index is -4.40. The van der Waals surface area contributed by atoms with E-state index >= 15 is 0 Å². The van der Waals surface area contributed by atoms with Crippen LogP contribution in [0.4, 0.5) is 13.2 Å². The summed E-state index contributed by atoms with van der Waals surface area (Å²) in [7, 11) is 0. The first-order chi connectivity index (χ1) is 15.1. The van der Waals surface area contributed by atoms with Crippen LogP contribution in [0.1, 0.15) is 38.2 Å². The van der Waals surface area contributed by atoms with Crippen LogP contribution >= 0.6 is 23.2 Å². The average Bonchev–Trinajstić information content (AvgIpc) is 2.98. The number of rotatable bonds is 2. The molecule has 32 heavy (non-hydrogen) atoms. The van der Waals surface area contributed by atoms with Crippen LogP contribution < -0.4 is 5.73 Å². The highest BCUT2D eigenvalue weighted by Crippen LogP contribution is 2.41. The standard InChI is InChI=1S/C23H25Cl2F3N4/c1-22(21(29)23(26,27)28)8-11-32(12-9-22)20-16-13-31-18(6-5-14(16)7-10-30-20)15-3-2-4-17(24)19(15)25/h2-4,7,10,13-14,21H,5-6,8-9,11-12,29H2,1H3. The molecule has 0 amide bonds. The van der Waals surface area contributed by atoms with E-state index in [2.05, 4.69) is 9.89 Å². The normalized spacial score (nSPS) is 24.2. The van der Waals surface area contributed by atoms with Crippen molar-refractivity contribution in [3.05, 3.63) is 57.9 Å². The number of fused-ring (bicyclic) bond motifs is 1. The number of nitrogens with two attached hydrogens (primary N) is 1. The van der Waals surface area contributed by atoms with Gasteiger partial charge in [-0.3, -0.25) is 4.99 Å². The number of piperidine rings is 1. The monoisotopic (exact) mass is 484 g/mol. The van der Waals surface area contributed by atoms with Gasteiger partial charge in [0, 0.05) is 48.3 Å². The van der Waals surface area contributed by atoms with Gasteiger partial charge in [0.05, 0.1) is 10.0 Å². The number of likely N-dealkylation sites (tertiary alicyclic amines) is 1. The first-order valence-electron chi connectivity index (χ1n) is 10.6. The van der Waals surface area contributed by atoms with Gasteiger partial charge in [-0.05, 0) is 37.2 Å². The lowest BCUT2D eigenvalue weighted by Gasteiger charge is -2.44. The highest BCUT2D eigenvalue weighted by Gasteiger charge is 2.50. The Morgan fingerprint density at radius 3 is 2.59 bits per heavy atom. The summed E-state index contributed by atoms with van der Waals surface area (Å²) >= 11 is 12.6. The summed E-state index contributed by atoms with van der Waals surface area (Å²) in [5.41, 5.74) is 7.23. The lowest BCUT2D eigenvalue weighted by Crippen LogP contribution is -2.55. The van der Waals surface area contributed by atoms with E-state index in [1.807, 2.05) is 24.4 Å². The second kappa shape index (κ2) is 8.84. The number of aliphatic imine (C=N–C) groups is 2. The van der Waals surface area contributed by atoms with E-state index in [0.29, 0.717) is 36.0 Å². The molecule has 0 saturated carbocycles. The van der Waals surface area contributed by atoms with Gasteiger partial charge in [0.1, 0.15) is 11.9 Å². The quantitative estimate of drug-likeness (QED) is 0.559. The Morgan fingerprint density at radius 1 is 1.19 bits per heavy atom. The Bertz CT molecular complexity index is 1000. The Labute approximate surface area is 195 Å². The van der Waals surface area contributed by atoms with E-state index in [-0.39, 0.29) is 5.92 Å². The van der Waals surface area contributed by atoms with E-state index in [1.54, 1.807) is 19.2 Å². The number of nitrogens with zero attached hydrogens (tertiary/aromatic N) is 3. The molecule has 2 N–H and O–H groups in total. The Balaban J connectivity index is 1.55. The van der Waals surface area contributed by atoms with E-state index in [1.165, 1.54) is 0 Å². The number of alkyl halides is 3. The van der Waals surface area contributed by atoms with Crippen molar-refractivity contribution in [1.82, 2.24) is 4.90 Å². The lowest BCUT2D eigenvalue weighted by molar-refractivity contribution is -0.177. The molecule has 0 aliphatic carbocycles. The predicted octanol–water partition coefficient (Wildman–Crippen LogP) is 5.99. The number of hydrogen-bond acceptors (Lipinski definition) is 4. The van der Waals surface area contributed by atoms with Crippen molar-refractivity contribution in [1.29, 1.82) is 0 Å². The maximum Gasteiger partial charge on any atom is 0.404 e. The number of allylic oxidation sites excluding steroid dienone is 1. The maximum absolute atomic E-state index is 13.2. The largest absolute Gasteiger partial charge is 0.404 e. The van der Waals surface area contributed by atoms with Gasteiger partial charge in [0.2, 0.25) is 0 Å². The van der Waals surface area contributed by atoms with Crippen molar-refractivity contribution in [2.45, 2.75) is 44.8 Å². The third-order valence-corrected chi connectivity index (χ3v) is 7.61. The van der Waals surface area contributed by atoms with Gasteiger partial charge in [-0.15, -0.1) is 0 Å². The summed E-state index contributed by atoms with van der Waals surface area (Å²) in [6, 6.07) is 3.66. The molecular formula is C23H25Cl2F3N4. The van der Waals surface area contributed by atoms with Gasteiger partial charge in [-0.2, -0.15) is 13.2 Å². The van der Waals surface area contributed by atoms with Crippen LogP contribution in [-0.2, 0) is 0 Å². The van der Waals surface area contributed by atoms with Crippen molar-refractivity contribution in [2.24, 2.45) is 27.1 Å². The van der Waals surface area contributed by atoms with Crippen molar-refractivity contribution >= 4 is 34.7 Å². The van der Waals surface area contributed by atoms with Crippen LogP contribution in [0, 0.1) is 11.3 Å². The second-order valence-electron chi connectivity index (χ2n) is 8.86. The van der Waals surface area contributed by atoms with Gasteiger partial charge in [-0.25, -0.2) is 4.99 Å². The summed E-state index contributed by atoms with van der Waals surface area (Å²) < 4.78 is 39.6. The van der Waals surface area contributed by atoms with E-state index in [9.17, 15) is 13.2 Å². The van der Waals surface area contributed by atoms with E-state index < -0.39 is 17.6 Å². The number of amidine groups is 1. The number of halogens is 5. The second-order valence-corrected chi connectivity index (χ2v) is 9.65. The molecule has 0 aromatic heterocycles. The highest BCUT2D eigenvalue weighted by molar-refractivity contribution is 6.44. The van der Waals surface area contributed by atoms with Crippen molar-refractivity contribution in [2.75, 3.05) is 13.1 Å². The molecule has 172 valence electrons. The molecular weight excluding hydrogens is 460 g/mol. The fourth-order valence-electron chi connectivity index (χ4n) is 4.60. The minimum absolute atomic E-state index is 0.132. The van der Waals surface area contributed by atoms with Gasteiger partial charge in [0.25, 0.3) is 0 Å². The van der Waals surface area contributed by atoms with E-state index in [0.717, 1.165) is 35.5 Å². The first kappa shape index (κ1) is 23.3. The average molecular weight is 485 g/mol. The molecule has 1 aromatic carbocycles. The summed E-state index contributed by atoms with van der Waals surface area (Å²) in [6.07, 6.45) is 3.49. The molecule has 4 rings (SSSR count). The molecule has 0 radical (unpaired) electrons. The van der Waals surface area contributed by atoms with Crippen LogP contribution in [0.2, 0.25) is 10.0 Å². The number of hydrogen-bond donors (Lipinski definition) is 1. The van der Waals surface area contributed by atoms with Crippen LogP contribution in [-0.4, -0.2) is 41.8 Å². The summed E-state index contributed by atoms with van der Waals surface area (Å²) in [4.78, 5) is 11.3. The Hall–Kier alpha value is -1.83. The smallest absolute Gasteiger partial charge is 0.356 e. The maximum atomic E-state index is 13.2. The molecule has 9 heteroatoms. The molecule has 1 aromatic rings. The van der Waals surface area contributed by atoms with Crippen LogP contribution in [0.5, 0.6) is 0 Å². The molecule has 3 heterocycles. The van der Waals surface area contributed by atoms with Crippen LogP contribution in [0.25, 0.3) is 0 Å². The molecule has 3 aliphatic heterocycles. The SMILES string of the molecule is CC1(C(N)C(F)(F)F)CCN(C2=NC=CC3CCC(c4cccc(Cl)c4Cl)=NC=C23)CC1. The van der Waals surface area contributed by atoms with Crippen molar-refractivity contribution in [3.63, 3.8) is 0 Å². The molecule has 3 aliphatic rings. The minimum Gasteiger partial charge on any atom is -0.356 e. The lowest BCUT2D eigenvalue weighted by atomic mass is 9.74. The van der Waals surface area contributed by atoms with Crippen molar-refractivity contribution in [3.8, 4) is 0 Å². The molecule has 0 bridgehead atoms. The Morgan fingerprint density at radius 2 is 1.91 bits per heavy atom. The van der Waals surface area contributed by atoms with Gasteiger partial charge in [-0.1, -0.05) is 48.3 Å². The summed E-state index contributed by atoms with van der Waals surface area (Å²) in [5.74, 6) is 0.912. The Kier molecular flexibility index (Phi) is 6.45. The molecule has 1 fully saturated rings. The first-order valence-corrected chi connectivity index (χ1v) is 11.4.